The second-order valence-corrected chi connectivity index (χ2v) is 9.08. The summed E-state index contributed by atoms with van der Waals surface area (Å²) in [6.07, 6.45) is 4.09. The van der Waals surface area contributed by atoms with E-state index in [1.165, 1.54) is 29.8 Å². The SMILES string of the molecule is CCOC(=O)N1CCc2c(sc3c2C(=O)NC(c2cccc(OC(=O)/C=C/c4ccco4)c2)N3)C1. The first-order chi connectivity index (χ1) is 17.0. The number of carbonyl (C=O) groups is 3. The molecule has 2 N–H and O–H groups in total. The molecule has 0 aliphatic carbocycles. The van der Waals surface area contributed by atoms with Crippen molar-refractivity contribution in [3.8, 4) is 5.75 Å². The number of rotatable bonds is 5. The van der Waals surface area contributed by atoms with Crippen molar-refractivity contribution in [2.24, 2.45) is 0 Å². The van der Waals surface area contributed by atoms with Crippen LogP contribution in [0.15, 0.2) is 53.2 Å². The largest absolute Gasteiger partial charge is 0.465 e. The number of amides is 2. The van der Waals surface area contributed by atoms with Crippen LogP contribution < -0.4 is 15.4 Å². The predicted octanol–water partition coefficient (Wildman–Crippen LogP) is 4.33. The van der Waals surface area contributed by atoms with Crippen molar-refractivity contribution >= 4 is 40.4 Å². The van der Waals surface area contributed by atoms with E-state index in [0.717, 1.165) is 21.0 Å². The highest BCUT2D eigenvalue weighted by molar-refractivity contribution is 7.16. The molecule has 1 aromatic carbocycles. The van der Waals surface area contributed by atoms with Crippen molar-refractivity contribution in [1.82, 2.24) is 10.2 Å². The van der Waals surface area contributed by atoms with E-state index in [9.17, 15) is 14.4 Å². The molecule has 4 heterocycles. The van der Waals surface area contributed by atoms with E-state index in [1.54, 1.807) is 42.2 Å². The van der Waals surface area contributed by atoms with Gasteiger partial charge in [-0.25, -0.2) is 9.59 Å². The molecule has 1 atom stereocenters. The number of furan rings is 1. The Balaban J connectivity index is 1.30. The predicted molar refractivity (Wildman–Crippen MR) is 129 cm³/mol. The van der Waals surface area contributed by atoms with Crippen LogP contribution >= 0.6 is 11.3 Å². The van der Waals surface area contributed by atoms with E-state index in [1.807, 2.05) is 6.07 Å². The Hall–Kier alpha value is -4.05. The zero-order valence-electron chi connectivity index (χ0n) is 18.9. The Morgan fingerprint density at radius 1 is 1.26 bits per heavy atom. The Morgan fingerprint density at radius 3 is 2.94 bits per heavy atom. The third-order valence-corrected chi connectivity index (χ3v) is 6.85. The van der Waals surface area contributed by atoms with E-state index >= 15 is 0 Å². The number of fused-ring (bicyclic) bond motifs is 3. The van der Waals surface area contributed by atoms with Crippen LogP contribution in [0, 0.1) is 0 Å². The van der Waals surface area contributed by atoms with Gasteiger partial charge in [-0.15, -0.1) is 11.3 Å². The molecule has 35 heavy (non-hydrogen) atoms. The van der Waals surface area contributed by atoms with Crippen molar-refractivity contribution in [2.75, 3.05) is 18.5 Å². The number of anilines is 1. The van der Waals surface area contributed by atoms with Gasteiger partial charge in [-0.3, -0.25) is 4.79 Å². The normalized spacial score (nSPS) is 16.8. The van der Waals surface area contributed by atoms with Crippen molar-refractivity contribution in [3.63, 3.8) is 0 Å². The van der Waals surface area contributed by atoms with Crippen LogP contribution in [0.1, 0.15) is 45.2 Å². The zero-order chi connectivity index (χ0) is 24.4. The number of carbonyl (C=O) groups excluding carboxylic acids is 3. The molecular weight excluding hydrogens is 470 g/mol. The summed E-state index contributed by atoms with van der Waals surface area (Å²) in [5, 5.41) is 7.13. The number of thiophene rings is 1. The molecule has 180 valence electrons. The van der Waals surface area contributed by atoms with E-state index in [2.05, 4.69) is 10.6 Å². The van der Waals surface area contributed by atoms with Gasteiger partial charge >= 0.3 is 12.1 Å². The summed E-state index contributed by atoms with van der Waals surface area (Å²) in [6.45, 7) is 3.03. The van der Waals surface area contributed by atoms with Crippen molar-refractivity contribution in [3.05, 3.63) is 76.1 Å². The third kappa shape index (κ3) is 4.78. The second kappa shape index (κ2) is 9.67. The molecule has 1 unspecified atom stereocenters. The van der Waals surface area contributed by atoms with Crippen LogP contribution in [-0.4, -0.2) is 36.0 Å². The topological polar surface area (TPSA) is 110 Å². The maximum atomic E-state index is 13.0. The molecule has 10 heteroatoms. The maximum absolute atomic E-state index is 13.0. The Morgan fingerprint density at radius 2 is 2.14 bits per heavy atom. The number of nitrogens with one attached hydrogen (secondary N) is 2. The second-order valence-electron chi connectivity index (χ2n) is 7.97. The van der Waals surface area contributed by atoms with Crippen LogP contribution in [-0.2, 0) is 22.5 Å². The van der Waals surface area contributed by atoms with Gasteiger partial charge in [0.2, 0.25) is 0 Å². The molecule has 0 saturated heterocycles. The Bertz CT molecular complexity index is 1300. The van der Waals surface area contributed by atoms with Crippen LogP contribution in [0.5, 0.6) is 5.75 Å². The highest BCUT2D eigenvalue weighted by Crippen LogP contribution is 2.41. The number of esters is 1. The average molecular weight is 494 g/mol. The molecule has 0 fully saturated rings. The van der Waals surface area contributed by atoms with Crippen LogP contribution in [0.4, 0.5) is 9.80 Å². The molecule has 2 aromatic heterocycles. The fraction of sp³-hybridized carbons (Fsp3) is 0.240. The summed E-state index contributed by atoms with van der Waals surface area (Å²) in [6, 6.07) is 10.4. The zero-order valence-corrected chi connectivity index (χ0v) is 19.7. The summed E-state index contributed by atoms with van der Waals surface area (Å²) in [4.78, 5) is 40.0. The van der Waals surface area contributed by atoms with Gasteiger partial charge in [0, 0.05) is 17.5 Å². The number of nitrogens with zero attached hydrogens (tertiary/aromatic N) is 1. The molecule has 0 bridgehead atoms. The van der Waals surface area contributed by atoms with Gasteiger partial charge in [-0.05, 0) is 54.8 Å². The van der Waals surface area contributed by atoms with E-state index in [0.29, 0.717) is 43.2 Å². The minimum Gasteiger partial charge on any atom is -0.465 e. The minimum absolute atomic E-state index is 0.172. The molecule has 5 rings (SSSR count). The van der Waals surface area contributed by atoms with E-state index in [4.69, 9.17) is 13.9 Å². The van der Waals surface area contributed by atoms with Gasteiger partial charge in [0.1, 0.15) is 22.7 Å². The quantitative estimate of drug-likeness (QED) is 0.309. The standard InChI is InChI=1S/C25H23N3O6S/c1-2-32-25(31)28-11-10-18-19(14-28)35-24-21(18)23(30)26-22(27-24)15-5-3-6-17(13-15)34-20(29)9-8-16-7-4-12-33-16/h3-9,12-13,22,27H,2,10-11,14H2,1H3,(H,26,30)/b9-8+. The van der Waals surface area contributed by atoms with E-state index < -0.39 is 12.1 Å². The number of hydrogen-bond donors (Lipinski definition) is 2. The summed E-state index contributed by atoms with van der Waals surface area (Å²) >= 11 is 1.47. The monoisotopic (exact) mass is 493 g/mol. The Kier molecular flexibility index (Phi) is 6.28. The fourth-order valence-corrected chi connectivity index (χ4v) is 5.39. The number of hydrogen-bond acceptors (Lipinski definition) is 8. The highest BCUT2D eigenvalue weighted by atomic mass is 32.1. The molecule has 3 aromatic rings. The lowest BCUT2D eigenvalue weighted by molar-refractivity contribution is -0.128. The van der Waals surface area contributed by atoms with Crippen molar-refractivity contribution in [2.45, 2.75) is 26.1 Å². The molecule has 0 saturated carbocycles. The fourth-order valence-electron chi connectivity index (χ4n) is 4.10. The summed E-state index contributed by atoms with van der Waals surface area (Å²) in [5.74, 6) is 0.187. The van der Waals surface area contributed by atoms with Gasteiger partial charge in [0.15, 0.2) is 0 Å². The van der Waals surface area contributed by atoms with Crippen molar-refractivity contribution in [1.29, 1.82) is 0 Å². The average Bonchev–Trinajstić information content (AvgIpc) is 3.50. The lowest BCUT2D eigenvalue weighted by Gasteiger charge is -2.28. The van der Waals surface area contributed by atoms with Gasteiger partial charge < -0.3 is 29.4 Å². The maximum Gasteiger partial charge on any atom is 0.410 e. The molecular formula is C25H23N3O6S. The third-order valence-electron chi connectivity index (χ3n) is 5.70. The lowest BCUT2D eigenvalue weighted by atomic mass is 10.0. The van der Waals surface area contributed by atoms with Crippen LogP contribution in [0.3, 0.4) is 0 Å². The molecule has 2 amide bonds. The first-order valence-electron chi connectivity index (χ1n) is 11.2. The van der Waals surface area contributed by atoms with Gasteiger partial charge in [0.05, 0.1) is 25.0 Å². The number of ether oxygens (including phenoxy) is 2. The van der Waals surface area contributed by atoms with Gasteiger partial charge in [-0.2, -0.15) is 0 Å². The highest BCUT2D eigenvalue weighted by Gasteiger charge is 2.34. The number of benzene rings is 1. The van der Waals surface area contributed by atoms with E-state index in [-0.39, 0.29) is 12.0 Å². The molecule has 0 spiro atoms. The summed E-state index contributed by atoms with van der Waals surface area (Å²) in [7, 11) is 0. The van der Waals surface area contributed by atoms with Gasteiger partial charge in [0.25, 0.3) is 5.91 Å². The summed E-state index contributed by atoms with van der Waals surface area (Å²) < 4.78 is 15.7. The van der Waals surface area contributed by atoms with Crippen LogP contribution in [0.2, 0.25) is 0 Å². The molecule has 0 radical (unpaired) electrons. The Labute approximate surface area is 205 Å². The lowest BCUT2D eigenvalue weighted by Crippen LogP contribution is -2.39. The van der Waals surface area contributed by atoms with Crippen molar-refractivity contribution < 1.29 is 28.3 Å². The van der Waals surface area contributed by atoms with Gasteiger partial charge in [-0.1, -0.05) is 12.1 Å². The van der Waals surface area contributed by atoms with Crippen LogP contribution in [0.25, 0.3) is 6.08 Å². The smallest absolute Gasteiger partial charge is 0.410 e. The first kappa shape index (κ1) is 22.7. The molecule has 2 aliphatic heterocycles. The molecule has 9 nitrogen and oxygen atoms in total. The first-order valence-corrected chi connectivity index (χ1v) is 12.0. The minimum atomic E-state index is -0.543. The molecule has 2 aliphatic rings. The summed E-state index contributed by atoms with van der Waals surface area (Å²) in [5.41, 5.74) is 2.35.